The summed E-state index contributed by atoms with van der Waals surface area (Å²) in [5.41, 5.74) is 6.06. The molecule has 0 radical (unpaired) electrons. The molecule has 3 nitrogen and oxygen atoms in total. The second-order valence-electron chi connectivity index (χ2n) is 3.12. The first-order valence-electron chi connectivity index (χ1n) is 4.19. The molecule has 0 amide bonds. The molecule has 0 saturated heterocycles. The fourth-order valence-corrected chi connectivity index (χ4v) is 1.11. The quantitative estimate of drug-likeness (QED) is 0.740. The van der Waals surface area contributed by atoms with E-state index in [1.807, 2.05) is 0 Å². The predicted molar refractivity (Wildman–Crippen MR) is 49.7 cm³/mol. The van der Waals surface area contributed by atoms with Crippen molar-refractivity contribution in [2.45, 2.75) is 19.1 Å². The topological polar surface area (TPSA) is 70.0 Å². The van der Waals surface area contributed by atoms with Gasteiger partial charge in [-0.1, -0.05) is 6.07 Å². The van der Waals surface area contributed by atoms with Crippen LogP contribution in [0.5, 0.6) is 0 Å². The number of hydrogen-bond acceptors (Lipinski definition) is 3. The minimum absolute atomic E-state index is 0.0217. The van der Waals surface area contributed by atoms with Crippen molar-refractivity contribution in [3.63, 3.8) is 0 Å². The van der Waals surface area contributed by atoms with Gasteiger partial charge in [-0.2, -0.15) is 5.26 Å². The Morgan fingerprint density at radius 1 is 1.57 bits per heavy atom. The van der Waals surface area contributed by atoms with Crippen LogP contribution in [0.1, 0.15) is 24.1 Å². The fraction of sp³-hybridized carbons (Fsp3) is 0.300. The normalized spacial score (nSPS) is 14.5. The Bertz CT molecular complexity index is 371. The molecule has 0 spiro atoms. The van der Waals surface area contributed by atoms with E-state index in [-0.39, 0.29) is 5.56 Å². The van der Waals surface area contributed by atoms with Gasteiger partial charge in [0.15, 0.2) is 0 Å². The molecule has 3 N–H and O–H groups in total. The molecule has 4 heteroatoms. The Hall–Kier alpha value is -1.44. The lowest BCUT2D eigenvalue weighted by Gasteiger charge is -2.14. The van der Waals surface area contributed by atoms with Gasteiger partial charge in [-0.15, -0.1) is 0 Å². The number of hydrogen-bond donors (Lipinski definition) is 2. The van der Waals surface area contributed by atoms with Crippen molar-refractivity contribution in [2.75, 3.05) is 0 Å². The molecule has 1 rings (SSSR count). The Kier molecular flexibility index (Phi) is 3.18. The van der Waals surface area contributed by atoms with Crippen LogP contribution in [-0.2, 0) is 0 Å². The highest BCUT2D eigenvalue weighted by Crippen LogP contribution is 2.17. The molecule has 14 heavy (non-hydrogen) atoms. The molecule has 1 aromatic rings. The van der Waals surface area contributed by atoms with E-state index in [4.69, 9.17) is 11.0 Å². The van der Waals surface area contributed by atoms with Crippen molar-refractivity contribution in [2.24, 2.45) is 5.73 Å². The summed E-state index contributed by atoms with van der Waals surface area (Å²) in [6.07, 6.45) is -0.748. The molecular weight excluding hydrogens is 183 g/mol. The fourth-order valence-electron chi connectivity index (χ4n) is 1.11. The van der Waals surface area contributed by atoms with E-state index in [1.165, 1.54) is 19.1 Å². The average Bonchev–Trinajstić information content (AvgIpc) is 2.16. The van der Waals surface area contributed by atoms with Crippen LogP contribution in [0.3, 0.4) is 0 Å². The zero-order valence-electron chi connectivity index (χ0n) is 7.74. The Morgan fingerprint density at radius 2 is 2.21 bits per heavy atom. The first-order chi connectivity index (χ1) is 6.56. The molecule has 0 bridgehead atoms. The van der Waals surface area contributed by atoms with Crippen LogP contribution in [0.15, 0.2) is 18.2 Å². The third kappa shape index (κ3) is 2.08. The van der Waals surface area contributed by atoms with Crippen LogP contribution in [0.4, 0.5) is 4.39 Å². The smallest absolute Gasteiger partial charge is 0.141 e. The lowest BCUT2D eigenvalue weighted by molar-refractivity contribution is 0.164. The third-order valence-corrected chi connectivity index (χ3v) is 2.02. The summed E-state index contributed by atoms with van der Waals surface area (Å²) in [6, 6.07) is 5.16. The van der Waals surface area contributed by atoms with Gasteiger partial charge in [-0.25, -0.2) is 4.39 Å². The maximum atomic E-state index is 13.1. The molecule has 0 unspecified atom stereocenters. The largest absolute Gasteiger partial charge is 0.391 e. The summed E-state index contributed by atoms with van der Waals surface area (Å²) in [7, 11) is 0. The minimum Gasteiger partial charge on any atom is -0.391 e. The second-order valence-corrected chi connectivity index (χ2v) is 3.12. The summed E-state index contributed by atoms with van der Waals surface area (Å²) >= 11 is 0. The third-order valence-electron chi connectivity index (χ3n) is 2.02. The first kappa shape index (κ1) is 10.6. The maximum absolute atomic E-state index is 13.1. The van der Waals surface area contributed by atoms with Crippen LogP contribution in [0.25, 0.3) is 0 Å². The average molecular weight is 194 g/mol. The van der Waals surface area contributed by atoms with E-state index in [2.05, 4.69) is 0 Å². The Morgan fingerprint density at radius 3 is 2.64 bits per heavy atom. The van der Waals surface area contributed by atoms with Crippen LogP contribution >= 0.6 is 0 Å². The molecule has 0 aliphatic rings. The van der Waals surface area contributed by atoms with E-state index in [0.717, 1.165) is 0 Å². The van der Waals surface area contributed by atoms with Gasteiger partial charge in [0.2, 0.25) is 0 Å². The van der Waals surface area contributed by atoms with Gasteiger partial charge in [0, 0.05) is 0 Å². The van der Waals surface area contributed by atoms with Crippen molar-refractivity contribution in [1.29, 1.82) is 5.26 Å². The molecular formula is C10H11FN2O. The van der Waals surface area contributed by atoms with Crippen LogP contribution in [-0.4, -0.2) is 11.2 Å². The van der Waals surface area contributed by atoms with Crippen molar-refractivity contribution >= 4 is 0 Å². The molecule has 1 aromatic carbocycles. The number of halogens is 1. The molecule has 0 aliphatic carbocycles. The van der Waals surface area contributed by atoms with Crippen molar-refractivity contribution in [3.8, 4) is 6.07 Å². The summed E-state index contributed by atoms with van der Waals surface area (Å²) < 4.78 is 13.1. The van der Waals surface area contributed by atoms with Crippen molar-refractivity contribution in [3.05, 3.63) is 35.1 Å². The SMILES string of the molecule is C[C@H](O)[C@@H](N)c1ccc(C#N)c(F)c1. The number of nitriles is 1. The van der Waals surface area contributed by atoms with Gasteiger partial charge in [-0.3, -0.25) is 0 Å². The molecule has 0 aliphatic heterocycles. The molecule has 0 aromatic heterocycles. The zero-order valence-corrected chi connectivity index (χ0v) is 7.74. The van der Waals surface area contributed by atoms with E-state index >= 15 is 0 Å². The van der Waals surface area contributed by atoms with E-state index in [0.29, 0.717) is 5.56 Å². The first-order valence-corrected chi connectivity index (χ1v) is 4.19. The molecule has 0 heterocycles. The van der Waals surface area contributed by atoms with Gasteiger partial charge >= 0.3 is 0 Å². The minimum atomic E-state index is -0.748. The van der Waals surface area contributed by atoms with Gasteiger partial charge < -0.3 is 10.8 Å². The van der Waals surface area contributed by atoms with Gasteiger partial charge in [0.25, 0.3) is 0 Å². The van der Waals surface area contributed by atoms with Gasteiger partial charge in [-0.05, 0) is 24.6 Å². The highest BCUT2D eigenvalue weighted by molar-refractivity contribution is 5.34. The maximum Gasteiger partial charge on any atom is 0.141 e. The molecule has 2 atom stereocenters. The number of nitrogens with two attached hydrogens (primary N) is 1. The molecule has 0 fully saturated rings. The standard InChI is InChI=1S/C10H11FN2O/c1-6(14)10(13)7-2-3-8(5-12)9(11)4-7/h2-4,6,10,14H,13H2,1H3/t6-,10+/m0/s1. The number of aliphatic hydroxyl groups excluding tert-OH is 1. The van der Waals surface area contributed by atoms with Crippen LogP contribution in [0.2, 0.25) is 0 Å². The second kappa shape index (κ2) is 4.18. The summed E-state index contributed by atoms with van der Waals surface area (Å²) in [5.74, 6) is -0.610. The zero-order chi connectivity index (χ0) is 10.7. The highest BCUT2D eigenvalue weighted by atomic mass is 19.1. The van der Waals surface area contributed by atoms with Crippen LogP contribution in [0, 0.1) is 17.1 Å². The van der Waals surface area contributed by atoms with Gasteiger partial charge in [0.1, 0.15) is 11.9 Å². The number of rotatable bonds is 2. The molecule has 0 saturated carbocycles. The Balaban J connectivity index is 3.04. The van der Waals surface area contributed by atoms with E-state index < -0.39 is 18.0 Å². The van der Waals surface area contributed by atoms with Crippen LogP contribution < -0.4 is 5.73 Å². The summed E-state index contributed by atoms with van der Waals surface area (Å²) in [6.45, 7) is 1.53. The predicted octanol–water partition coefficient (Wildman–Crippen LogP) is 1.08. The number of benzene rings is 1. The van der Waals surface area contributed by atoms with Crippen molar-refractivity contribution in [1.82, 2.24) is 0 Å². The van der Waals surface area contributed by atoms with E-state index in [1.54, 1.807) is 12.1 Å². The number of aliphatic hydroxyl groups is 1. The summed E-state index contributed by atoms with van der Waals surface area (Å²) in [5, 5.41) is 17.7. The lowest BCUT2D eigenvalue weighted by atomic mass is 10.0. The number of nitrogens with zero attached hydrogens (tertiary/aromatic N) is 1. The van der Waals surface area contributed by atoms with Gasteiger partial charge in [0.05, 0.1) is 17.7 Å². The lowest BCUT2D eigenvalue weighted by Crippen LogP contribution is -2.23. The monoisotopic (exact) mass is 194 g/mol. The van der Waals surface area contributed by atoms with Crippen molar-refractivity contribution < 1.29 is 9.50 Å². The molecule has 74 valence electrons. The summed E-state index contributed by atoms with van der Waals surface area (Å²) in [4.78, 5) is 0. The highest BCUT2D eigenvalue weighted by Gasteiger charge is 2.13. The van der Waals surface area contributed by atoms with E-state index in [9.17, 15) is 9.50 Å². The Labute approximate surface area is 81.6 Å².